The lowest BCUT2D eigenvalue weighted by Gasteiger charge is -2.21. The average Bonchev–Trinajstić information content (AvgIpc) is 1.98. The fraction of sp³-hybridized carbons (Fsp3) is 0.700. The highest BCUT2D eigenvalue weighted by molar-refractivity contribution is 5.79. The number of carbonyl (C=O) groups is 1. The maximum atomic E-state index is 10.1. The summed E-state index contributed by atoms with van der Waals surface area (Å²) in [5.74, 6) is -0.857. The summed E-state index contributed by atoms with van der Waals surface area (Å²) in [5, 5.41) is 8.31. The summed E-state index contributed by atoms with van der Waals surface area (Å²) in [4.78, 5) is 10.1. The molecule has 0 aromatic carbocycles. The Kier molecular flexibility index (Phi) is 4.64. The zero-order valence-electron chi connectivity index (χ0n) is 8.13. The third-order valence-electron chi connectivity index (χ3n) is 2.21. The molecule has 0 saturated heterocycles. The summed E-state index contributed by atoms with van der Waals surface area (Å²) >= 11 is 0. The van der Waals surface area contributed by atoms with Gasteiger partial charge in [-0.05, 0) is 18.3 Å². The number of carboxylic acids is 1. The van der Waals surface area contributed by atoms with Crippen LogP contribution in [0.2, 0.25) is 0 Å². The Labute approximate surface area is 74.3 Å². The average molecular weight is 170 g/mol. The molecule has 2 heteroatoms. The molecule has 0 saturated carbocycles. The third-order valence-corrected chi connectivity index (χ3v) is 2.21. The Morgan fingerprint density at radius 1 is 1.50 bits per heavy atom. The summed E-state index contributed by atoms with van der Waals surface area (Å²) in [6.45, 7) is 6.55. The Balaban J connectivity index is 3.63. The number of rotatable bonds is 5. The molecule has 0 rings (SSSR count). The summed E-state index contributed by atoms with van der Waals surface area (Å²) in [6.07, 6.45) is 5.97. The van der Waals surface area contributed by atoms with Crippen molar-refractivity contribution in [2.24, 2.45) is 5.41 Å². The molecule has 0 aliphatic heterocycles. The second kappa shape index (κ2) is 4.96. The zero-order valence-corrected chi connectivity index (χ0v) is 8.13. The predicted octanol–water partition coefficient (Wildman–Crippen LogP) is 2.84. The van der Waals surface area contributed by atoms with Gasteiger partial charge in [-0.3, -0.25) is 0 Å². The quantitative estimate of drug-likeness (QED) is 0.644. The van der Waals surface area contributed by atoms with E-state index in [0.717, 1.165) is 19.3 Å². The van der Waals surface area contributed by atoms with Crippen molar-refractivity contribution in [2.45, 2.75) is 40.0 Å². The van der Waals surface area contributed by atoms with Gasteiger partial charge >= 0.3 is 5.97 Å². The van der Waals surface area contributed by atoms with Crippen LogP contribution in [-0.2, 0) is 4.79 Å². The van der Waals surface area contributed by atoms with Gasteiger partial charge in [0.25, 0.3) is 0 Å². The first kappa shape index (κ1) is 11.2. The van der Waals surface area contributed by atoms with Gasteiger partial charge in [-0.1, -0.05) is 33.3 Å². The highest BCUT2D eigenvalue weighted by Gasteiger charge is 2.12. The van der Waals surface area contributed by atoms with E-state index in [9.17, 15) is 4.79 Å². The third kappa shape index (κ3) is 5.96. The van der Waals surface area contributed by atoms with Gasteiger partial charge in [-0.2, -0.15) is 0 Å². The van der Waals surface area contributed by atoms with E-state index in [4.69, 9.17) is 5.11 Å². The topological polar surface area (TPSA) is 37.3 Å². The van der Waals surface area contributed by atoms with Gasteiger partial charge in [0.1, 0.15) is 0 Å². The monoisotopic (exact) mass is 170 g/mol. The highest BCUT2D eigenvalue weighted by atomic mass is 16.4. The van der Waals surface area contributed by atoms with E-state index in [-0.39, 0.29) is 0 Å². The van der Waals surface area contributed by atoms with Crippen molar-refractivity contribution < 1.29 is 9.90 Å². The molecule has 0 atom stereocenters. The predicted molar refractivity (Wildman–Crippen MR) is 50.1 cm³/mol. The highest BCUT2D eigenvalue weighted by Crippen LogP contribution is 2.25. The zero-order chi connectivity index (χ0) is 9.61. The summed E-state index contributed by atoms with van der Waals surface area (Å²) < 4.78 is 0. The molecule has 0 bridgehead atoms. The van der Waals surface area contributed by atoms with Crippen molar-refractivity contribution in [3.8, 4) is 0 Å². The molecule has 12 heavy (non-hydrogen) atoms. The molecule has 0 unspecified atom stereocenters. The van der Waals surface area contributed by atoms with E-state index >= 15 is 0 Å². The van der Waals surface area contributed by atoms with Gasteiger partial charge in [0.05, 0.1) is 0 Å². The number of hydrogen-bond donors (Lipinski definition) is 1. The van der Waals surface area contributed by atoms with Crippen LogP contribution in [0.25, 0.3) is 0 Å². The van der Waals surface area contributed by atoms with Gasteiger partial charge in [-0.15, -0.1) is 0 Å². The molecule has 0 fully saturated rings. The van der Waals surface area contributed by atoms with Crippen LogP contribution in [0.3, 0.4) is 0 Å². The molecule has 0 aliphatic rings. The molecule has 0 amide bonds. The summed E-state index contributed by atoms with van der Waals surface area (Å²) in [5.41, 5.74) is 0.336. The Morgan fingerprint density at radius 2 is 2.08 bits per heavy atom. The first-order valence-electron chi connectivity index (χ1n) is 4.37. The van der Waals surface area contributed by atoms with E-state index in [1.165, 1.54) is 6.08 Å². The van der Waals surface area contributed by atoms with Crippen LogP contribution in [0.5, 0.6) is 0 Å². The fourth-order valence-electron chi connectivity index (χ4n) is 0.835. The second-order valence-electron chi connectivity index (χ2n) is 3.80. The molecule has 2 nitrogen and oxygen atoms in total. The van der Waals surface area contributed by atoms with Crippen molar-refractivity contribution in [2.75, 3.05) is 0 Å². The van der Waals surface area contributed by atoms with Crippen molar-refractivity contribution in [1.82, 2.24) is 0 Å². The second-order valence-corrected chi connectivity index (χ2v) is 3.80. The fourth-order valence-corrected chi connectivity index (χ4v) is 0.835. The molecule has 0 heterocycles. The van der Waals surface area contributed by atoms with Crippen LogP contribution in [0.15, 0.2) is 12.2 Å². The van der Waals surface area contributed by atoms with Crippen molar-refractivity contribution in [3.05, 3.63) is 12.2 Å². The number of carboxylic acid groups (broad SMARTS) is 1. The van der Waals surface area contributed by atoms with E-state index in [1.807, 2.05) is 0 Å². The molecule has 0 spiro atoms. The molecular formula is C10H18O2. The maximum absolute atomic E-state index is 10.1. The van der Waals surface area contributed by atoms with Gasteiger partial charge in [0, 0.05) is 6.08 Å². The van der Waals surface area contributed by atoms with E-state index in [0.29, 0.717) is 5.41 Å². The normalized spacial score (nSPS) is 12.2. The van der Waals surface area contributed by atoms with Gasteiger partial charge < -0.3 is 5.11 Å². The van der Waals surface area contributed by atoms with Crippen LogP contribution < -0.4 is 0 Å². The molecular weight excluding hydrogens is 152 g/mol. The standard InChI is InChI=1S/C10H18O2/c1-4-10(2,3)8-6-5-7-9(11)12/h5,7H,4,6,8H2,1-3H3,(H,11,12). The van der Waals surface area contributed by atoms with Crippen molar-refractivity contribution in [3.63, 3.8) is 0 Å². The Bertz CT molecular complexity index is 169. The van der Waals surface area contributed by atoms with Gasteiger partial charge in [0.15, 0.2) is 0 Å². The Morgan fingerprint density at radius 3 is 2.50 bits per heavy atom. The van der Waals surface area contributed by atoms with Crippen molar-refractivity contribution in [1.29, 1.82) is 0 Å². The molecule has 0 aliphatic carbocycles. The smallest absolute Gasteiger partial charge is 0.327 e. The molecule has 1 N–H and O–H groups in total. The summed E-state index contributed by atoms with van der Waals surface area (Å²) in [6, 6.07) is 0. The SMILES string of the molecule is CCC(C)(C)CCC=CC(=O)O. The molecule has 0 radical (unpaired) electrons. The van der Waals surface area contributed by atoms with Crippen LogP contribution >= 0.6 is 0 Å². The first-order valence-corrected chi connectivity index (χ1v) is 4.37. The van der Waals surface area contributed by atoms with Crippen LogP contribution in [-0.4, -0.2) is 11.1 Å². The minimum atomic E-state index is -0.857. The van der Waals surface area contributed by atoms with E-state index in [1.54, 1.807) is 6.08 Å². The number of hydrogen-bond acceptors (Lipinski definition) is 1. The van der Waals surface area contributed by atoms with E-state index < -0.39 is 5.97 Å². The van der Waals surface area contributed by atoms with Crippen LogP contribution in [0.1, 0.15) is 40.0 Å². The first-order chi connectivity index (χ1) is 5.48. The number of allylic oxidation sites excluding steroid dienone is 1. The maximum Gasteiger partial charge on any atom is 0.327 e. The van der Waals surface area contributed by atoms with Crippen LogP contribution in [0, 0.1) is 5.41 Å². The van der Waals surface area contributed by atoms with Crippen LogP contribution in [0.4, 0.5) is 0 Å². The van der Waals surface area contributed by atoms with Gasteiger partial charge in [-0.25, -0.2) is 4.79 Å². The van der Waals surface area contributed by atoms with Gasteiger partial charge in [0.2, 0.25) is 0 Å². The number of aliphatic carboxylic acids is 1. The Hall–Kier alpha value is -0.790. The minimum absolute atomic E-state index is 0.336. The molecule has 0 aromatic rings. The molecule has 0 aromatic heterocycles. The summed E-state index contributed by atoms with van der Waals surface area (Å²) in [7, 11) is 0. The lowest BCUT2D eigenvalue weighted by atomic mass is 9.85. The molecule has 70 valence electrons. The van der Waals surface area contributed by atoms with E-state index in [2.05, 4.69) is 20.8 Å². The lowest BCUT2D eigenvalue weighted by molar-refractivity contribution is -0.131. The lowest BCUT2D eigenvalue weighted by Crippen LogP contribution is -2.08. The largest absolute Gasteiger partial charge is 0.478 e. The van der Waals surface area contributed by atoms with Crippen molar-refractivity contribution >= 4 is 5.97 Å². The minimum Gasteiger partial charge on any atom is -0.478 e.